The van der Waals surface area contributed by atoms with Crippen LogP contribution in [0.2, 0.25) is 0 Å². The van der Waals surface area contributed by atoms with E-state index in [0.717, 1.165) is 38.4 Å². The third-order valence-electron chi connectivity index (χ3n) is 3.92. The second kappa shape index (κ2) is 7.04. The minimum absolute atomic E-state index is 0.223. The van der Waals surface area contributed by atoms with E-state index in [2.05, 4.69) is 41.2 Å². The molecule has 20 heavy (non-hydrogen) atoms. The molecule has 2 N–H and O–H groups in total. The van der Waals surface area contributed by atoms with Gasteiger partial charge in [0.2, 0.25) is 0 Å². The Hall–Kier alpha value is -1.13. The zero-order chi connectivity index (χ0) is 14.5. The fraction of sp³-hybridized carbons (Fsp3) is 0.688. The molecule has 0 spiro atoms. The van der Waals surface area contributed by atoms with Crippen molar-refractivity contribution in [2.75, 3.05) is 24.5 Å². The van der Waals surface area contributed by atoms with Gasteiger partial charge in [0.05, 0.1) is 6.10 Å². The number of nitrogens with one attached hydrogen (secondary N) is 1. The maximum absolute atomic E-state index is 9.65. The van der Waals surface area contributed by atoms with Crippen LogP contribution in [0.4, 0.5) is 5.82 Å². The third kappa shape index (κ3) is 4.18. The average Bonchev–Trinajstić information content (AvgIpc) is 2.89. The fourth-order valence-corrected chi connectivity index (χ4v) is 2.60. The van der Waals surface area contributed by atoms with Gasteiger partial charge in [0.25, 0.3) is 0 Å². The molecule has 1 aromatic rings. The smallest absolute Gasteiger partial charge is 0.128 e. The van der Waals surface area contributed by atoms with Crippen molar-refractivity contribution in [3.8, 4) is 0 Å². The lowest BCUT2D eigenvalue weighted by atomic mass is 10.0. The van der Waals surface area contributed by atoms with E-state index in [-0.39, 0.29) is 6.10 Å². The predicted molar refractivity (Wildman–Crippen MR) is 82.8 cm³/mol. The molecule has 0 bridgehead atoms. The summed E-state index contributed by atoms with van der Waals surface area (Å²) in [7, 11) is 0. The fourth-order valence-electron chi connectivity index (χ4n) is 2.60. The molecule has 112 valence electrons. The van der Waals surface area contributed by atoms with Gasteiger partial charge in [-0.15, -0.1) is 0 Å². The minimum atomic E-state index is -0.223. The van der Waals surface area contributed by atoms with Crippen molar-refractivity contribution in [1.29, 1.82) is 0 Å². The molecule has 1 aromatic heterocycles. The molecule has 2 unspecified atom stereocenters. The van der Waals surface area contributed by atoms with Crippen LogP contribution in [0.15, 0.2) is 18.3 Å². The standard InChI is InChI=1S/C16H27N3O/c1-12(2)8-17-9-14-4-5-16(18-10-14)19-7-6-15(11-19)13(3)20/h4-5,10,12-13,15,17,20H,6-9,11H2,1-3H3. The van der Waals surface area contributed by atoms with Crippen LogP contribution in [-0.2, 0) is 6.54 Å². The van der Waals surface area contributed by atoms with Crippen LogP contribution in [0.1, 0.15) is 32.8 Å². The van der Waals surface area contributed by atoms with Crippen LogP contribution in [0.25, 0.3) is 0 Å². The molecule has 1 saturated heterocycles. The summed E-state index contributed by atoms with van der Waals surface area (Å²) in [5.41, 5.74) is 1.22. The lowest BCUT2D eigenvalue weighted by Crippen LogP contribution is -2.24. The molecule has 2 rings (SSSR count). The van der Waals surface area contributed by atoms with Gasteiger partial charge in [-0.05, 0) is 37.4 Å². The Kier molecular flexibility index (Phi) is 5.38. The van der Waals surface area contributed by atoms with Crippen LogP contribution >= 0.6 is 0 Å². The van der Waals surface area contributed by atoms with E-state index < -0.39 is 0 Å². The van der Waals surface area contributed by atoms with E-state index in [9.17, 15) is 5.11 Å². The zero-order valence-corrected chi connectivity index (χ0v) is 12.8. The molecule has 2 atom stereocenters. The average molecular weight is 277 g/mol. The van der Waals surface area contributed by atoms with Crippen molar-refractivity contribution in [3.63, 3.8) is 0 Å². The SMILES string of the molecule is CC(C)CNCc1ccc(N2CCC(C(C)O)C2)nc1. The summed E-state index contributed by atoms with van der Waals surface area (Å²) in [6, 6.07) is 4.24. The summed E-state index contributed by atoms with van der Waals surface area (Å²) in [6.07, 6.45) is 2.79. The number of nitrogens with zero attached hydrogens (tertiary/aromatic N) is 2. The van der Waals surface area contributed by atoms with Gasteiger partial charge in [-0.3, -0.25) is 0 Å². The van der Waals surface area contributed by atoms with Crippen molar-refractivity contribution in [3.05, 3.63) is 23.9 Å². The summed E-state index contributed by atoms with van der Waals surface area (Å²) in [5, 5.41) is 13.1. The van der Waals surface area contributed by atoms with Gasteiger partial charge in [0.15, 0.2) is 0 Å². The highest BCUT2D eigenvalue weighted by molar-refractivity contribution is 5.40. The van der Waals surface area contributed by atoms with E-state index in [4.69, 9.17) is 0 Å². The van der Waals surface area contributed by atoms with Crippen molar-refractivity contribution >= 4 is 5.82 Å². The van der Waals surface area contributed by atoms with Crippen LogP contribution < -0.4 is 10.2 Å². The van der Waals surface area contributed by atoms with Gasteiger partial charge in [-0.25, -0.2) is 4.98 Å². The number of hydrogen-bond acceptors (Lipinski definition) is 4. The molecule has 1 aliphatic heterocycles. The summed E-state index contributed by atoms with van der Waals surface area (Å²) in [4.78, 5) is 6.82. The van der Waals surface area contributed by atoms with Gasteiger partial charge in [0, 0.05) is 31.7 Å². The normalized spacial score (nSPS) is 20.6. The third-order valence-corrected chi connectivity index (χ3v) is 3.92. The Morgan fingerprint density at radius 1 is 1.40 bits per heavy atom. The summed E-state index contributed by atoms with van der Waals surface area (Å²) >= 11 is 0. The number of aromatic nitrogens is 1. The minimum Gasteiger partial charge on any atom is -0.393 e. The first-order valence-electron chi connectivity index (χ1n) is 7.65. The van der Waals surface area contributed by atoms with Crippen LogP contribution in [0.3, 0.4) is 0 Å². The number of pyridine rings is 1. The van der Waals surface area contributed by atoms with E-state index >= 15 is 0 Å². The van der Waals surface area contributed by atoms with Crippen molar-refractivity contribution in [2.24, 2.45) is 11.8 Å². The zero-order valence-electron chi connectivity index (χ0n) is 12.8. The van der Waals surface area contributed by atoms with Gasteiger partial charge in [-0.1, -0.05) is 19.9 Å². The monoisotopic (exact) mass is 277 g/mol. The van der Waals surface area contributed by atoms with Crippen molar-refractivity contribution in [1.82, 2.24) is 10.3 Å². The second-order valence-electron chi connectivity index (χ2n) is 6.28. The summed E-state index contributed by atoms with van der Waals surface area (Å²) in [6.45, 7) is 10.1. The highest BCUT2D eigenvalue weighted by Crippen LogP contribution is 2.24. The Bertz CT molecular complexity index is 403. The molecular formula is C16H27N3O. The topological polar surface area (TPSA) is 48.4 Å². The maximum atomic E-state index is 9.65. The van der Waals surface area contributed by atoms with Crippen LogP contribution in [0, 0.1) is 11.8 Å². The Morgan fingerprint density at radius 3 is 2.75 bits per heavy atom. The Labute approximate surface area is 122 Å². The molecule has 1 fully saturated rings. The number of aliphatic hydroxyl groups excluding tert-OH is 1. The Balaban J connectivity index is 1.85. The quantitative estimate of drug-likeness (QED) is 0.835. The van der Waals surface area contributed by atoms with E-state index in [1.165, 1.54) is 5.56 Å². The highest BCUT2D eigenvalue weighted by Gasteiger charge is 2.26. The number of aliphatic hydroxyl groups is 1. The first kappa shape index (κ1) is 15.3. The lowest BCUT2D eigenvalue weighted by Gasteiger charge is -2.18. The summed E-state index contributed by atoms with van der Waals surface area (Å²) < 4.78 is 0. The first-order chi connectivity index (χ1) is 9.56. The number of hydrogen-bond donors (Lipinski definition) is 2. The molecule has 1 aliphatic rings. The lowest BCUT2D eigenvalue weighted by molar-refractivity contribution is 0.136. The molecule has 0 aliphatic carbocycles. The summed E-state index contributed by atoms with van der Waals surface area (Å²) in [5.74, 6) is 2.08. The molecule has 2 heterocycles. The van der Waals surface area contributed by atoms with E-state index in [1.807, 2.05) is 13.1 Å². The first-order valence-corrected chi connectivity index (χ1v) is 7.65. The van der Waals surface area contributed by atoms with Gasteiger partial charge in [-0.2, -0.15) is 0 Å². The van der Waals surface area contributed by atoms with Crippen molar-refractivity contribution in [2.45, 2.75) is 39.8 Å². The van der Waals surface area contributed by atoms with Gasteiger partial charge < -0.3 is 15.3 Å². The van der Waals surface area contributed by atoms with Crippen molar-refractivity contribution < 1.29 is 5.11 Å². The Morgan fingerprint density at radius 2 is 2.20 bits per heavy atom. The molecular weight excluding hydrogens is 250 g/mol. The van der Waals surface area contributed by atoms with Crippen LogP contribution in [0.5, 0.6) is 0 Å². The van der Waals surface area contributed by atoms with Crippen LogP contribution in [-0.4, -0.2) is 35.8 Å². The number of rotatable bonds is 6. The predicted octanol–water partition coefficient (Wildman–Crippen LogP) is 2.03. The van der Waals surface area contributed by atoms with E-state index in [1.54, 1.807) is 0 Å². The molecule has 4 nitrogen and oxygen atoms in total. The maximum Gasteiger partial charge on any atom is 0.128 e. The largest absolute Gasteiger partial charge is 0.393 e. The molecule has 4 heteroatoms. The molecule has 0 saturated carbocycles. The molecule has 0 radical (unpaired) electrons. The van der Waals surface area contributed by atoms with Gasteiger partial charge in [0.1, 0.15) is 5.82 Å². The second-order valence-corrected chi connectivity index (χ2v) is 6.28. The molecule has 0 amide bonds. The molecule has 0 aromatic carbocycles. The number of anilines is 1. The van der Waals surface area contributed by atoms with E-state index in [0.29, 0.717) is 11.8 Å². The van der Waals surface area contributed by atoms with Gasteiger partial charge >= 0.3 is 0 Å². The highest BCUT2D eigenvalue weighted by atomic mass is 16.3.